The molecule has 0 bridgehead atoms. The van der Waals surface area contributed by atoms with Crippen LogP contribution >= 0.6 is 0 Å². The van der Waals surface area contributed by atoms with Gasteiger partial charge in [-0.05, 0) is 44.6 Å². The summed E-state index contributed by atoms with van der Waals surface area (Å²) in [5.41, 5.74) is 1.03. The normalized spacial score (nSPS) is 25.3. The number of rotatable bonds is 5. The van der Waals surface area contributed by atoms with E-state index in [9.17, 15) is 4.79 Å². The molecule has 1 aromatic rings. The molecular weight excluding hydrogens is 216 g/mol. The summed E-state index contributed by atoms with van der Waals surface area (Å²) in [6.07, 6.45) is 5.71. The Morgan fingerprint density at radius 2 is 2.41 bits per heavy atom. The van der Waals surface area contributed by atoms with Gasteiger partial charge in [0.2, 0.25) is 0 Å². The summed E-state index contributed by atoms with van der Waals surface area (Å²) in [5.74, 6) is -0.515. The first-order valence-corrected chi connectivity index (χ1v) is 6.38. The smallest absolute Gasteiger partial charge is 0.306 e. The highest BCUT2D eigenvalue weighted by Crippen LogP contribution is 2.36. The molecule has 4 nitrogen and oxygen atoms in total. The summed E-state index contributed by atoms with van der Waals surface area (Å²) in [5, 5.41) is 13.5. The molecule has 1 aromatic heterocycles. The van der Waals surface area contributed by atoms with E-state index in [0.717, 1.165) is 31.4 Å². The van der Waals surface area contributed by atoms with E-state index in [1.165, 1.54) is 0 Å². The highest BCUT2D eigenvalue weighted by Gasteiger charge is 2.36. The number of hydrogen-bond acceptors (Lipinski definition) is 2. The fourth-order valence-corrected chi connectivity index (χ4v) is 2.33. The Kier molecular flexibility index (Phi) is 3.50. The van der Waals surface area contributed by atoms with E-state index < -0.39 is 5.97 Å². The van der Waals surface area contributed by atoms with E-state index in [4.69, 9.17) is 5.11 Å². The molecule has 17 heavy (non-hydrogen) atoms. The van der Waals surface area contributed by atoms with Gasteiger partial charge >= 0.3 is 5.97 Å². The van der Waals surface area contributed by atoms with Crippen LogP contribution in [0.3, 0.4) is 0 Å². The van der Waals surface area contributed by atoms with Gasteiger partial charge in [0.1, 0.15) is 0 Å². The second-order valence-corrected chi connectivity index (χ2v) is 5.03. The van der Waals surface area contributed by atoms with E-state index in [-0.39, 0.29) is 11.8 Å². The average Bonchev–Trinajstić information content (AvgIpc) is 2.71. The van der Waals surface area contributed by atoms with Crippen molar-refractivity contribution in [1.82, 2.24) is 9.78 Å². The molecule has 0 radical (unpaired) electrons. The van der Waals surface area contributed by atoms with Gasteiger partial charge in [0.15, 0.2) is 0 Å². The van der Waals surface area contributed by atoms with Gasteiger partial charge in [-0.3, -0.25) is 9.48 Å². The lowest BCUT2D eigenvalue weighted by Crippen LogP contribution is -2.34. The van der Waals surface area contributed by atoms with Gasteiger partial charge in [-0.2, -0.15) is 5.10 Å². The monoisotopic (exact) mass is 236 g/mol. The SMILES string of the molecule is CCC(C)n1ccc(CC2CCC2C(=O)O)n1. The number of carboxylic acids is 1. The maximum atomic E-state index is 10.9. The Morgan fingerprint density at radius 1 is 1.65 bits per heavy atom. The molecule has 2 rings (SSSR count). The summed E-state index contributed by atoms with van der Waals surface area (Å²) >= 11 is 0. The van der Waals surface area contributed by atoms with Crippen molar-refractivity contribution in [3.8, 4) is 0 Å². The highest BCUT2D eigenvalue weighted by atomic mass is 16.4. The summed E-state index contributed by atoms with van der Waals surface area (Å²) in [7, 11) is 0. The lowest BCUT2D eigenvalue weighted by atomic mass is 9.71. The second-order valence-electron chi connectivity index (χ2n) is 5.03. The fraction of sp³-hybridized carbons (Fsp3) is 0.692. The molecule has 0 spiro atoms. The minimum atomic E-state index is -0.650. The van der Waals surface area contributed by atoms with Gasteiger partial charge in [0.05, 0.1) is 11.6 Å². The molecule has 0 aromatic carbocycles. The molecule has 1 aliphatic rings. The Labute approximate surface area is 102 Å². The van der Waals surface area contributed by atoms with Crippen LogP contribution in [-0.4, -0.2) is 20.9 Å². The van der Waals surface area contributed by atoms with Crippen molar-refractivity contribution in [1.29, 1.82) is 0 Å². The molecule has 4 heteroatoms. The molecule has 0 saturated heterocycles. The molecule has 3 atom stereocenters. The molecule has 0 amide bonds. The largest absolute Gasteiger partial charge is 0.481 e. The van der Waals surface area contributed by atoms with Crippen LogP contribution in [0.4, 0.5) is 0 Å². The Hall–Kier alpha value is -1.32. The molecule has 1 N–H and O–H groups in total. The standard InChI is InChI=1S/C13H20N2O2/c1-3-9(2)15-7-6-11(14-15)8-10-4-5-12(10)13(16)17/h6-7,9-10,12H,3-5,8H2,1-2H3,(H,16,17). The van der Waals surface area contributed by atoms with Crippen LogP contribution in [0.5, 0.6) is 0 Å². The zero-order valence-electron chi connectivity index (χ0n) is 10.5. The first kappa shape index (κ1) is 12.1. The first-order valence-electron chi connectivity index (χ1n) is 6.38. The quantitative estimate of drug-likeness (QED) is 0.854. The van der Waals surface area contributed by atoms with Crippen molar-refractivity contribution in [2.24, 2.45) is 11.8 Å². The molecule has 1 fully saturated rings. The van der Waals surface area contributed by atoms with E-state index in [1.54, 1.807) is 0 Å². The van der Waals surface area contributed by atoms with Crippen molar-refractivity contribution in [2.75, 3.05) is 0 Å². The van der Waals surface area contributed by atoms with Gasteiger partial charge in [-0.15, -0.1) is 0 Å². The fourth-order valence-electron chi connectivity index (χ4n) is 2.33. The lowest BCUT2D eigenvalue weighted by molar-refractivity contribution is -0.147. The van der Waals surface area contributed by atoms with E-state index >= 15 is 0 Å². The van der Waals surface area contributed by atoms with Gasteiger partial charge in [0.25, 0.3) is 0 Å². The van der Waals surface area contributed by atoms with Crippen molar-refractivity contribution in [3.05, 3.63) is 18.0 Å². The highest BCUT2D eigenvalue weighted by molar-refractivity contribution is 5.71. The minimum absolute atomic E-state index is 0.149. The van der Waals surface area contributed by atoms with Crippen LogP contribution in [0.15, 0.2) is 12.3 Å². The number of carboxylic acid groups (broad SMARTS) is 1. The van der Waals surface area contributed by atoms with Crippen LogP contribution in [0.1, 0.15) is 44.8 Å². The first-order chi connectivity index (χ1) is 8.11. The maximum Gasteiger partial charge on any atom is 0.306 e. The number of nitrogens with zero attached hydrogens (tertiary/aromatic N) is 2. The maximum absolute atomic E-state index is 10.9. The molecule has 94 valence electrons. The Morgan fingerprint density at radius 3 is 2.94 bits per heavy atom. The van der Waals surface area contributed by atoms with Crippen molar-refractivity contribution in [2.45, 2.75) is 45.6 Å². The Balaban J connectivity index is 1.95. The third kappa shape index (κ3) is 2.51. The van der Waals surface area contributed by atoms with Gasteiger partial charge in [-0.25, -0.2) is 0 Å². The van der Waals surface area contributed by atoms with Crippen molar-refractivity contribution >= 4 is 5.97 Å². The number of aliphatic carboxylic acids is 1. The third-order valence-electron chi connectivity index (χ3n) is 3.91. The van der Waals surface area contributed by atoms with E-state index in [1.807, 2.05) is 16.9 Å². The molecule has 1 heterocycles. The van der Waals surface area contributed by atoms with Crippen LogP contribution in [-0.2, 0) is 11.2 Å². The average molecular weight is 236 g/mol. The summed E-state index contributed by atoms with van der Waals surface area (Å²) in [6.45, 7) is 4.28. The summed E-state index contributed by atoms with van der Waals surface area (Å²) in [6, 6.07) is 2.43. The number of carbonyl (C=O) groups is 1. The van der Waals surface area contributed by atoms with Gasteiger partial charge in [0, 0.05) is 12.2 Å². The molecular formula is C13H20N2O2. The van der Waals surface area contributed by atoms with Crippen LogP contribution in [0.25, 0.3) is 0 Å². The van der Waals surface area contributed by atoms with Gasteiger partial charge in [-0.1, -0.05) is 6.92 Å². The molecule has 0 aliphatic heterocycles. The summed E-state index contributed by atoms with van der Waals surface area (Å²) < 4.78 is 1.98. The molecule has 1 saturated carbocycles. The molecule has 3 unspecified atom stereocenters. The van der Waals surface area contributed by atoms with E-state index in [0.29, 0.717) is 6.04 Å². The van der Waals surface area contributed by atoms with Gasteiger partial charge < -0.3 is 5.11 Å². The third-order valence-corrected chi connectivity index (χ3v) is 3.91. The number of hydrogen-bond donors (Lipinski definition) is 1. The van der Waals surface area contributed by atoms with E-state index in [2.05, 4.69) is 18.9 Å². The van der Waals surface area contributed by atoms with Crippen LogP contribution in [0.2, 0.25) is 0 Å². The number of aromatic nitrogens is 2. The van der Waals surface area contributed by atoms with Crippen LogP contribution in [0, 0.1) is 11.8 Å². The topological polar surface area (TPSA) is 55.1 Å². The Bertz CT molecular complexity index is 400. The molecule has 1 aliphatic carbocycles. The second kappa shape index (κ2) is 4.90. The predicted molar refractivity (Wildman–Crippen MR) is 64.8 cm³/mol. The minimum Gasteiger partial charge on any atom is -0.481 e. The zero-order valence-corrected chi connectivity index (χ0v) is 10.5. The summed E-state index contributed by atoms with van der Waals surface area (Å²) in [4.78, 5) is 10.9. The predicted octanol–water partition coefficient (Wildman–Crippen LogP) is 2.51. The van der Waals surface area contributed by atoms with Crippen LogP contribution < -0.4 is 0 Å². The van der Waals surface area contributed by atoms with Crippen molar-refractivity contribution < 1.29 is 9.90 Å². The zero-order chi connectivity index (χ0) is 12.4. The lowest BCUT2D eigenvalue weighted by Gasteiger charge is -2.32. The van der Waals surface area contributed by atoms with Crippen molar-refractivity contribution in [3.63, 3.8) is 0 Å².